The second-order valence-corrected chi connectivity index (χ2v) is 8.86. The van der Waals surface area contributed by atoms with Gasteiger partial charge in [0.15, 0.2) is 5.82 Å². The van der Waals surface area contributed by atoms with Crippen LogP contribution in [0.15, 0.2) is 40.8 Å². The standard InChI is InChI=1S/C22H22ClN5S/c23-17-6-4-15(5-7-17)22-26-18(14-29-22)13-28-10-8-19-16(12-28)11-25-21(27-19)20-3-1-2-9-24-20/h4-7,11,14H,1-3,8-10,12-13H2. The largest absolute Gasteiger partial charge is 0.293 e. The predicted octanol–water partition coefficient (Wildman–Crippen LogP) is 4.78. The second-order valence-electron chi connectivity index (χ2n) is 7.56. The maximum atomic E-state index is 5.99. The molecular formula is C22H22ClN5S. The molecule has 3 aromatic rings. The molecule has 0 N–H and O–H groups in total. The van der Waals surface area contributed by atoms with Crippen molar-refractivity contribution in [3.05, 3.63) is 63.6 Å². The Balaban J connectivity index is 1.27. The number of hydrogen-bond acceptors (Lipinski definition) is 6. The molecule has 0 spiro atoms. The Labute approximate surface area is 179 Å². The first kappa shape index (κ1) is 18.9. The smallest absolute Gasteiger partial charge is 0.173 e. The number of nitrogens with zero attached hydrogens (tertiary/aromatic N) is 5. The second kappa shape index (κ2) is 8.30. The topological polar surface area (TPSA) is 54.3 Å². The van der Waals surface area contributed by atoms with Crippen molar-refractivity contribution in [3.8, 4) is 10.6 Å². The molecular weight excluding hydrogens is 402 g/mol. The Hall–Kier alpha value is -2.15. The van der Waals surface area contributed by atoms with Gasteiger partial charge in [-0.05, 0) is 31.4 Å². The van der Waals surface area contributed by atoms with E-state index in [-0.39, 0.29) is 0 Å². The van der Waals surface area contributed by atoms with Gasteiger partial charge in [0.05, 0.1) is 17.1 Å². The van der Waals surface area contributed by atoms with Crippen LogP contribution >= 0.6 is 22.9 Å². The van der Waals surface area contributed by atoms with Gasteiger partial charge in [-0.3, -0.25) is 9.89 Å². The number of rotatable bonds is 4. The number of fused-ring (bicyclic) bond motifs is 1. The Morgan fingerprint density at radius 2 is 1.97 bits per heavy atom. The highest BCUT2D eigenvalue weighted by Crippen LogP contribution is 2.26. The van der Waals surface area contributed by atoms with Gasteiger partial charge in [0.25, 0.3) is 0 Å². The maximum Gasteiger partial charge on any atom is 0.173 e. The van der Waals surface area contributed by atoms with Gasteiger partial charge in [0.2, 0.25) is 0 Å². The Bertz CT molecular complexity index is 1040. The third-order valence-electron chi connectivity index (χ3n) is 5.42. The first-order chi connectivity index (χ1) is 14.2. The zero-order valence-corrected chi connectivity index (χ0v) is 17.7. The minimum atomic E-state index is 0.749. The molecule has 0 fully saturated rings. The monoisotopic (exact) mass is 423 g/mol. The van der Waals surface area contributed by atoms with Gasteiger partial charge in [-0.25, -0.2) is 15.0 Å². The molecule has 1 aromatic carbocycles. The van der Waals surface area contributed by atoms with Gasteiger partial charge in [-0.2, -0.15) is 0 Å². The fourth-order valence-corrected chi connectivity index (χ4v) is 4.81. The van der Waals surface area contributed by atoms with E-state index in [0.717, 1.165) is 71.8 Å². The Morgan fingerprint density at radius 3 is 2.79 bits per heavy atom. The van der Waals surface area contributed by atoms with Gasteiger partial charge < -0.3 is 0 Å². The van der Waals surface area contributed by atoms with Gasteiger partial charge in [-0.15, -0.1) is 11.3 Å². The van der Waals surface area contributed by atoms with Crippen LogP contribution in [0.1, 0.15) is 42.0 Å². The van der Waals surface area contributed by atoms with Gasteiger partial charge in [0, 0.05) is 60.3 Å². The summed E-state index contributed by atoms with van der Waals surface area (Å²) in [6.45, 7) is 3.62. The SMILES string of the molecule is Clc1ccc(-c2nc(CN3CCc4nc(C5=NCCCC5)ncc4C3)cs2)cc1. The summed E-state index contributed by atoms with van der Waals surface area (Å²) < 4.78 is 0. The molecule has 2 aliphatic heterocycles. The summed E-state index contributed by atoms with van der Waals surface area (Å²) in [5, 5.41) is 3.94. The molecule has 7 heteroatoms. The fourth-order valence-electron chi connectivity index (χ4n) is 3.86. The van der Waals surface area contributed by atoms with E-state index in [1.54, 1.807) is 11.3 Å². The fraction of sp³-hybridized carbons (Fsp3) is 0.364. The van der Waals surface area contributed by atoms with Crippen LogP contribution in [0.4, 0.5) is 0 Å². The highest BCUT2D eigenvalue weighted by Gasteiger charge is 2.21. The lowest BCUT2D eigenvalue weighted by atomic mass is 10.1. The normalized spacial score (nSPS) is 17.1. The molecule has 2 aliphatic rings. The molecule has 0 aliphatic carbocycles. The quantitative estimate of drug-likeness (QED) is 0.605. The van der Waals surface area contributed by atoms with Crippen LogP contribution in [0.5, 0.6) is 0 Å². The summed E-state index contributed by atoms with van der Waals surface area (Å²) in [6.07, 6.45) is 6.33. The molecule has 0 radical (unpaired) electrons. The predicted molar refractivity (Wildman–Crippen MR) is 118 cm³/mol. The van der Waals surface area contributed by atoms with E-state index < -0.39 is 0 Å². The van der Waals surface area contributed by atoms with Gasteiger partial charge >= 0.3 is 0 Å². The average molecular weight is 424 g/mol. The zero-order chi connectivity index (χ0) is 19.6. The minimum absolute atomic E-state index is 0.749. The molecule has 0 saturated heterocycles. The van der Waals surface area contributed by atoms with E-state index in [2.05, 4.69) is 20.3 Å². The van der Waals surface area contributed by atoms with E-state index in [0.29, 0.717) is 0 Å². The average Bonchev–Trinajstić information content (AvgIpc) is 3.23. The molecule has 2 aromatic heterocycles. The van der Waals surface area contributed by atoms with Crippen molar-refractivity contribution in [1.82, 2.24) is 19.9 Å². The van der Waals surface area contributed by atoms with E-state index in [1.165, 1.54) is 24.1 Å². The molecule has 5 nitrogen and oxygen atoms in total. The number of hydrogen-bond donors (Lipinski definition) is 0. The van der Waals surface area contributed by atoms with Crippen molar-refractivity contribution in [2.75, 3.05) is 13.1 Å². The van der Waals surface area contributed by atoms with E-state index in [9.17, 15) is 0 Å². The molecule has 148 valence electrons. The number of thiazole rings is 1. The zero-order valence-electron chi connectivity index (χ0n) is 16.1. The van der Waals surface area contributed by atoms with Crippen LogP contribution < -0.4 is 0 Å². The summed E-state index contributed by atoms with van der Waals surface area (Å²) in [4.78, 5) is 21.3. The molecule has 4 heterocycles. The van der Waals surface area contributed by atoms with Crippen LogP contribution in [0.2, 0.25) is 5.02 Å². The van der Waals surface area contributed by atoms with Crippen molar-refractivity contribution >= 4 is 28.6 Å². The lowest BCUT2D eigenvalue weighted by Gasteiger charge is -2.27. The van der Waals surface area contributed by atoms with Gasteiger partial charge in [-0.1, -0.05) is 23.7 Å². The third kappa shape index (κ3) is 4.25. The van der Waals surface area contributed by atoms with E-state index >= 15 is 0 Å². The van der Waals surface area contributed by atoms with Crippen LogP contribution in [0, 0.1) is 0 Å². The van der Waals surface area contributed by atoms with Crippen molar-refractivity contribution in [2.24, 2.45) is 4.99 Å². The summed E-state index contributed by atoms with van der Waals surface area (Å²) in [5.74, 6) is 0.837. The van der Waals surface area contributed by atoms with E-state index in [1.807, 2.05) is 30.5 Å². The molecule has 0 saturated carbocycles. The van der Waals surface area contributed by atoms with E-state index in [4.69, 9.17) is 21.6 Å². The Kier molecular flexibility index (Phi) is 5.40. The number of halogens is 1. The van der Waals surface area contributed by atoms with Crippen LogP contribution in [-0.2, 0) is 19.5 Å². The molecule has 0 unspecified atom stereocenters. The van der Waals surface area contributed by atoms with Crippen molar-refractivity contribution in [1.29, 1.82) is 0 Å². The lowest BCUT2D eigenvalue weighted by molar-refractivity contribution is 0.240. The number of benzene rings is 1. The number of aromatic nitrogens is 3. The molecule has 0 amide bonds. The van der Waals surface area contributed by atoms with Crippen LogP contribution in [0.25, 0.3) is 10.6 Å². The molecule has 0 atom stereocenters. The lowest BCUT2D eigenvalue weighted by Crippen LogP contribution is -2.31. The molecule has 5 rings (SSSR count). The van der Waals surface area contributed by atoms with Crippen molar-refractivity contribution in [3.63, 3.8) is 0 Å². The van der Waals surface area contributed by atoms with Crippen molar-refractivity contribution < 1.29 is 0 Å². The maximum absolute atomic E-state index is 5.99. The summed E-state index contributed by atoms with van der Waals surface area (Å²) in [6, 6.07) is 7.86. The molecule has 29 heavy (non-hydrogen) atoms. The first-order valence-electron chi connectivity index (χ1n) is 10.1. The molecule has 0 bridgehead atoms. The Morgan fingerprint density at radius 1 is 1.07 bits per heavy atom. The van der Waals surface area contributed by atoms with Crippen LogP contribution in [-0.4, -0.2) is 38.7 Å². The third-order valence-corrected chi connectivity index (χ3v) is 6.62. The summed E-state index contributed by atoms with van der Waals surface area (Å²) >= 11 is 7.67. The van der Waals surface area contributed by atoms with Crippen molar-refractivity contribution in [2.45, 2.75) is 38.8 Å². The number of aliphatic imine (C=N–C) groups is 1. The summed E-state index contributed by atoms with van der Waals surface area (Å²) in [7, 11) is 0. The minimum Gasteiger partial charge on any atom is -0.293 e. The summed E-state index contributed by atoms with van der Waals surface area (Å²) in [5.41, 5.74) is 5.71. The highest BCUT2D eigenvalue weighted by molar-refractivity contribution is 7.13. The first-order valence-corrected chi connectivity index (χ1v) is 11.3. The van der Waals surface area contributed by atoms with Crippen LogP contribution in [0.3, 0.4) is 0 Å². The highest BCUT2D eigenvalue weighted by atomic mass is 35.5. The van der Waals surface area contributed by atoms with Gasteiger partial charge in [0.1, 0.15) is 5.01 Å².